The lowest BCUT2D eigenvalue weighted by molar-refractivity contribution is -0.145. The minimum Gasteiger partial charge on any atom is -0.464 e. The molecule has 0 aromatic heterocycles. The molecule has 0 fully saturated rings. The van der Waals surface area contributed by atoms with Crippen molar-refractivity contribution < 1.29 is 18.7 Å². The van der Waals surface area contributed by atoms with Crippen LogP contribution >= 0.6 is 0 Å². The van der Waals surface area contributed by atoms with Gasteiger partial charge >= 0.3 is 5.97 Å². The van der Waals surface area contributed by atoms with Gasteiger partial charge in [-0.3, -0.25) is 4.79 Å². The summed E-state index contributed by atoms with van der Waals surface area (Å²) in [5.74, 6) is -1.43. The van der Waals surface area contributed by atoms with Gasteiger partial charge in [0.15, 0.2) is 0 Å². The van der Waals surface area contributed by atoms with Crippen LogP contribution < -0.4 is 5.32 Å². The Morgan fingerprint density at radius 3 is 1.79 bits per heavy atom. The number of nitrogens with one attached hydrogen (secondary N) is 1. The second kappa shape index (κ2) is 19.5. The van der Waals surface area contributed by atoms with Crippen molar-refractivity contribution in [3.05, 3.63) is 35.6 Å². The first kappa shape index (κ1) is 29.1. The number of ether oxygens (including phenoxy) is 1. The molecule has 0 bridgehead atoms. The van der Waals surface area contributed by atoms with Crippen molar-refractivity contribution >= 4 is 11.9 Å². The smallest absolute Gasteiger partial charge is 0.328 e. The van der Waals surface area contributed by atoms with Crippen LogP contribution in [-0.2, 0) is 9.53 Å². The van der Waals surface area contributed by atoms with Gasteiger partial charge in [-0.15, -0.1) is 0 Å². The van der Waals surface area contributed by atoms with Crippen molar-refractivity contribution in [3.8, 4) is 0 Å². The fraction of sp³-hybridized carbons (Fsp3) is 0.714. The maximum absolute atomic E-state index is 13.2. The normalized spacial score (nSPS) is 11.8. The Morgan fingerprint density at radius 1 is 0.818 bits per heavy atom. The highest BCUT2D eigenvalue weighted by Crippen LogP contribution is 2.13. The van der Waals surface area contributed by atoms with E-state index in [2.05, 4.69) is 12.2 Å². The highest BCUT2D eigenvalue weighted by Gasteiger charge is 2.18. The number of rotatable bonds is 20. The largest absolute Gasteiger partial charge is 0.464 e. The van der Waals surface area contributed by atoms with Crippen molar-refractivity contribution in [2.45, 2.75) is 123 Å². The molecule has 0 saturated carbocycles. The Kier molecular flexibility index (Phi) is 17.3. The molecule has 0 heterocycles. The molecule has 0 aliphatic rings. The van der Waals surface area contributed by atoms with Crippen molar-refractivity contribution in [2.24, 2.45) is 0 Å². The molecule has 1 aromatic carbocycles. The van der Waals surface area contributed by atoms with E-state index in [-0.39, 0.29) is 5.56 Å². The molecule has 4 nitrogen and oxygen atoms in total. The van der Waals surface area contributed by atoms with E-state index in [1.165, 1.54) is 108 Å². The SMILES string of the molecule is CCCCCCCCCCCCCCCCCCOC(=O)[C@H](C)NC(=O)c1cccc(F)c1. The van der Waals surface area contributed by atoms with Gasteiger partial charge in [0.2, 0.25) is 0 Å². The summed E-state index contributed by atoms with van der Waals surface area (Å²) < 4.78 is 18.5. The lowest BCUT2D eigenvalue weighted by Crippen LogP contribution is -2.39. The Morgan fingerprint density at radius 2 is 1.30 bits per heavy atom. The van der Waals surface area contributed by atoms with Gasteiger partial charge in [-0.05, 0) is 31.5 Å². The van der Waals surface area contributed by atoms with Gasteiger partial charge in [0, 0.05) is 5.56 Å². The number of benzene rings is 1. The molecule has 0 radical (unpaired) electrons. The summed E-state index contributed by atoms with van der Waals surface area (Å²) in [4.78, 5) is 24.1. The van der Waals surface area contributed by atoms with Crippen molar-refractivity contribution in [1.82, 2.24) is 5.32 Å². The maximum atomic E-state index is 13.2. The van der Waals surface area contributed by atoms with Gasteiger partial charge in [-0.25, -0.2) is 9.18 Å². The van der Waals surface area contributed by atoms with E-state index in [4.69, 9.17) is 4.74 Å². The second-order valence-electron chi connectivity index (χ2n) is 9.18. The fourth-order valence-corrected chi connectivity index (χ4v) is 3.92. The highest BCUT2D eigenvalue weighted by molar-refractivity contribution is 5.96. The van der Waals surface area contributed by atoms with Gasteiger partial charge in [-0.2, -0.15) is 0 Å². The topological polar surface area (TPSA) is 55.4 Å². The number of amides is 1. The summed E-state index contributed by atoms with van der Waals surface area (Å²) in [6, 6.07) is 4.62. The minimum absolute atomic E-state index is 0.187. The molecule has 0 saturated heterocycles. The van der Waals surface area contributed by atoms with E-state index in [0.717, 1.165) is 18.9 Å². The molecule has 1 rings (SSSR count). The lowest BCUT2D eigenvalue weighted by atomic mass is 10.0. The summed E-state index contributed by atoms with van der Waals surface area (Å²) in [6.07, 6.45) is 20.8. The van der Waals surface area contributed by atoms with Crippen LogP contribution in [0.1, 0.15) is 127 Å². The minimum atomic E-state index is -0.762. The summed E-state index contributed by atoms with van der Waals surface area (Å²) in [7, 11) is 0. The molecule has 188 valence electrons. The van der Waals surface area contributed by atoms with Crippen LogP contribution in [-0.4, -0.2) is 24.5 Å². The molecule has 33 heavy (non-hydrogen) atoms. The third-order valence-electron chi connectivity index (χ3n) is 6.03. The molecule has 0 spiro atoms. The van der Waals surface area contributed by atoms with E-state index in [1.807, 2.05) is 0 Å². The predicted molar refractivity (Wildman–Crippen MR) is 134 cm³/mol. The van der Waals surface area contributed by atoms with E-state index < -0.39 is 23.7 Å². The molecular formula is C28H46FNO3. The number of hydrogen-bond acceptors (Lipinski definition) is 3. The first-order valence-electron chi connectivity index (χ1n) is 13.3. The zero-order chi connectivity index (χ0) is 24.2. The van der Waals surface area contributed by atoms with E-state index in [0.29, 0.717) is 6.61 Å². The molecule has 1 atom stereocenters. The van der Waals surface area contributed by atoms with Gasteiger partial charge in [-0.1, -0.05) is 109 Å². The molecule has 1 N–H and O–H groups in total. The van der Waals surface area contributed by atoms with E-state index >= 15 is 0 Å². The van der Waals surface area contributed by atoms with Gasteiger partial charge in [0.25, 0.3) is 5.91 Å². The summed E-state index contributed by atoms with van der Waals surface area (Å²) in [5.41, 5.74) is 0.187. The van der Waals surface area contributed by atoms with Crippen LogP contribution in [0, 0.1) is 5.82 Å². The third-order valence-corrected chi connectivity index (χ3v) is 6.03. The molecular weight excluding hydrogens is 417 g/mol. The molecule has 0 aliphatic carbocycles. The number of carbonyl (C=O) groups is 2. The summed E-state index contributed by atoms with van der Waals surface area (Å²) in [6.45, 7) is 4.22. The summed E-state index contributed by atoms with van der Waals surface area (Å²) >= 11 is 0. The number of carbonyl (C=O) groups excluding carboxylic acids is 2. The average Bonchev–Trinajstić information content (AvgIpc) is 2.80. The lowest BCUT2D eigenvalue weighted by Gasteiger charge is -2.13. The standard InChI is InChI=1S/C28H46FNO3/c1-3-4-5-6-7-8-9-10-11-12-13-14-15-16-17-18-22-33-28(32)24(2)30-27(31)25-20-19-21-26(29)23-25/h19-21,23-24H,3-18,22H2,1-2H3,(H,30,31)/t24-/m0/s1. The maximum Gasteiger partial charge on any atom is 0.328 e. The third kappa shape index (κ3) is 15.5. The molecule has 1 amide bonds. The Hall–Kier alpha value is -1.91. The zero-order valence-corrected chi connectivity index (χ0v) is 21.0. The quantitative estimate of drug-likeness (QED) is 0.159. The predicted octanol–water partition coefficient (Wildman–Crippen LogP) is 7.75. The van der Waals surface area contributed by atoms with Crippen molar-refractivity contribution in [2.75, 3.05) is 6.61 Å². The zero-order valence-electron chi connectivity index (χ0n) is 21.0. The monoisotopic (exact) mass is 463 g/mol. The number of halogens is 1. The second-order valence-corrected chi connectivity index (χ2v) is 9.18. The fourth-order valence-electron chi connectivity index (χ4n) is 3.92. The van der Waals surface area contributed by atoms with Crippen LogP contribution in [0.25, 0.3) is 0 Å². The van der Waals surface area contributed by atoms with Crippen LogP contribution in [0.4, 0.5) is 4.39 Å². The molecule has 0 aliphatic heterocycles. The Balaban J connectivity index is 1.90. The molecule has 0 unspecified atom stereocenters. The molecule has 5 heteroatoms. The Bertz CT molecular complexity index is 650. The first-order chi connectivity index (χ1) is 16.0. The average molecular weight is 464 g/mol. The number of esters is 1. The van der Waals surface area contributed by atoms with Gasteiger partial charge in [0.05, 0.1) is 6.61 Å². The van der Waals surface area contributed by atoms with Crippen molar-refractivity contribution in [1.29, 1.82) is 0 Å². The molecule has 1 aromatic rings. The Labute approximate surface area is 201 Å². The van der Waals surface area contributed by atoms with E-state index in [1.54, 1.807) is 6.92 Å². The van der Waals surface area contributed by atoms with Gasteiger partial charge in [0.1, 0.15) is 11.9 Å². The number of hydrogen-bond donors (Lipinski definition) is 1. The van der Waals surface area contributed by atoms with Gasteiger partial charge < -0.3 is 10.1 Å². The highest BCUT2D eigenvalue weighted by atomic mass is 19.1. The van der Waals surface area contributed by atoms with Crippen LogP contribution in [0.3, 0.4) is 0 Å². The summed E-state index contributed by atoms with van der Waals surface area (Å²) in [5, 5.41) is 2.55. The number of unbranched alkanes of at least 4 members (excludes halogenated alkanes) is 15. The van der Waals surface area contributed by atoms with Crippen molar-refractivity contribution in [3.63, 3.8) is 0 Å². The first-order valence-corrected chi connectivity index (χ1v) is 13.3. The van der Waals surface area contributed by atoms with E-state index in [9.17, 15) is 14.0 Å². The van der Waals surface area contributed by atoms with Crippen LogP contribution in [0.5, 0.6) is 0 Å². The van der Waals surface area contributed by atoms with Crippen LogP contribution in [0.15, 0.2) is 24.3 Å². The van der Waals surface area contributed by atoms with Crippen LogP contribution in [0.2, 0.25) is 0 Å².